The van der Waals surface area contributed by atoms with Crippen molar-refractivity contribution < 1.29 is 4.74 Å². The van der Waals surface area contributed by atoms with E-state index in [0.29, 0.717) is 23.5 Å². The molecular weight excluding hydrogens is 402 g/mol. The van der Waals surface area contributed by atoms with Crippen LogP contribution in [0, 0.1) is 0 Å². The highest BCUT2D eigenvalue weighted by Crippen LogP contribution is 2.29. The van der Waals surface area contributed by atoms with Crippen LogP contribution < -0.4 is 5.32 Å². The standard InChI is InChI=1S/C14H13BrClN5OS/c15-9-4-3-8(23-9)6-17-12-11-13(20-14(16)19-12)21(7-18-11)10-2-1-5-22-10/h3-4,7,10H,1-2,5-6H2,(H,17,19,20). The summed E-state index contributed by atoms with van der Waals surface area (Å²) in [6.45, 7) is 1.42. The zero-order valence-corrected chi connectivity index (χ0v) is 15.2. The Morgan fingerprint density at radius 3 is 3.09 bits per heavy atom. The molecule has 1 fully saturated rings. The Balaban J connectivity index is 1.66. The molecule has 0 amide bonds. The van der Waals surface area contributed by atoms with Crippen LogP contribution in [-0.4, -0.2) is 26.1 Å². The third-order valence-corrected chi connectivity index (χ3v) is 5.46. The Labute approximate surface area is 150 Å². The van der Waals surface area contributed by atoms with Crippen LogP contribution in [0.25, 0.3) is 11.2 Å². The van der Waals surface area contributed by atoms with Gasteiger partial charge in [-0.15, -0.1) is 11.3 Å². The average Bonchev–Trinajstić information content (AvgIpc) is 3.24. The summed E-state index contributed by atoms with van der Waals surface area (Å²) in [5.41, 5.74) is 1.41. The number of hydrogen-bond donors (Lipinski definition) is 1. The van der Waals surface area contributed by atoms with Crippen LogP contribution in [0.4, 0.5) is 5.82 Å². The lowest BCUT2D eigenvalue weighted by molar-refractivity contribution is 0.0593. The van der Waals surface area contributed by atoms with Crippen LogP contribution in [0.15, 0.2) is 22.2 Å². The van der Waals surface area contributed by atoms with Gasteiger partial charge >= 0.3 is 0 Å². The van der Waals surface area contributed by atoms with Crippen LogP contribution in [0.1, 0.15) is 23.9 Å². The van der Waals surface area contributed by atoms with E-state index in [1.807, 2.05) is 10.6 Å². The highest BCUT2D eigenvalue weighted by molar-refractivity contribution is 9.11. The Morgan fingerprint density at radius 2 is 2.35 bits per heavy atom. The molecule has 0 aromatic carbocycles. The molecule has 1 atom stereocenters. The first-order valence-electron chi connectivity index (χ1n) is 7.20. The van der Waals surface area contributed by atoms with Crippen molar-refractivity contribution in [1.82, 2.24) is 19.5 Å². The van der Waals surface area contributed by atoms with Gasteiger partial charge in [-0.3, -0.25) is 4.57 Å². The van der Waals surface area contributed by atoms with E-state index in [-0.39, 0.29) is 11.5 Å². The van der Waals surface area contributed by atoms with Gasteiger partial charge in [0.15, 0.2) is 17.0 Å². The fraction of sp³-hybridized carbons (Fsp3) is 0.357. The lowest BCUT2D eigenvalue weighted by Gasteiger charge is -2.12. The zero-order valence-electron chi connectivity index (χ0n) is 12.0. The van der Waals surface area contributed by atoms with Gasteiger partial charge in [-0.25, -0.2) is 4.98 Å². The number of rotatable bonds is 4. The molecule has 0 bridgehead atoms. The van der Waals surface area contributed by atoms with Gasteiger partial charge in [0.1, 0.15) is 6.23 Å². The second-order valence-corrected chi connectivity index (χ2v) is 8.08. The van der Waals surface area contributed by atoms with Crippen LogP contribution in [0.5, 0.6) is 0 Å². The molecule has 3 aromatic heterocycles. The molecule has 1 saturated heterocycles. The molecule has 4 rings (SSSR count). The molecule has 3 aromatic rings. The molecule has 1 aliphatic rings. The maximum absolute atomic E-state index is 6.10. The molecule has 0 aliphatic carbocycles. The summed E-state index contributed by atoms with van der Waals surface area (Å²) < 4.78 is 8.75. The lowest BCUT2D eigenvalue weighted by Crippen LogP contribution is -2.07. The number of nitrogens with one attached hydrogen (secondary N) is 1. The number of nitrogens with zero attached hydrogens (tertiary/aromatic N) is 4. The highest BCUT2D eigenvalue weighted by Gasteiger charge is 2.22. The predicted octanol–water partition coefficient (Wildman–Crippen LogP) is 4.22. The predicted molar refractivity (Wildman–Crippen MR) is 93.9 cm³/mol. The first kappa shape index (κ1) is 15.3. The van der Waals surface area contributed by atoms with Gasteiger partial charge in [-0.1, -0.05) is 0 Å². The molecule has 0 radical (unpaired) electrons. The van der Waals surface area contributed by atoms with Gasteiger partial charge in [0.05, 0.1) is 16.7 Å². The number of halogens is 2. The first-order chi connectivity index (χ1) is 11.2. The van der Waals surface area contributed by atoms with Crippen molar-refractivity contribution in [2.75, 3.05) is 11.9 Å². The van der Waals surface area contributed by atoms with Crippen molar-refractivity contribution in [3.8, 4) is 0 Å². The van der Waals surface area contributed by atoms with Gasteiger partial charge in [0, 0.05) is 11.5 Å². The van der Waals surface area contributed by atoms with Crippen LogP contribution >= 0.6 is 38.9 Å². The summed E-state index contributed by atoms with van der Waals surface area (Å²) in [6.07, 6.45) is 3.73. The third-order valence-electron chi connectivity index (χ3n) is 3.67. The maximum Gasteiger partial charge on any atom is 0.226 e. The SMILES string of the molecule is Clc1nc(NCc2ccc(Br)s2)c2ncn(C3CCCO3)c2n1. The molecular formula is C14H13BrClN5OS. The normalized spacial score (nSPS) is 17.9. The molecule has 1 unspecified atom stereocenters. The first-order valence-corrected chi connectivity index (χ1v) is 9.19. The number of anilines is 1. The topological polar surface area (TPSA) is 64.9 Å². The second-order valence-electron chi connectivity index (χ2n) is 5.19. The smallest absolute Gasteiger partial charge is 0.226 e. The minimum absolute atomic E-state index is 0.0212. The van der Waals surface area contributed by atoms with E-state index >= 15 is 0 Å². The molecule has 120 valence electrons. The van der Waals surface area contributed by atoms with Crippen molar-refractivity contribution in [3.05, 3.63) is 32.4 Å². The molecule has 23 heavy (non-hydrogen) atoms. The Morgan fingerprint density at radius 1 is 1.43 bits per heavy atom. The fourth-order valence-electron chi connectivity index (χ4n) is 2.62. The molecule has 0 saturated carbocycles. The van der Waals surface area contributed by atoms with Gasteiger partial charge in [-0.2, -0.15) is 9.97 Å². The number of aromatic nitrogens is 4. The average molecular weight is 415 g/mol. The quantitative estimate of drug-likeness (QED) is 0.647. The number of imidazole rings is 1. The van der Waals surface area contributed by atoms with Crippen LogP contribution in [-0.2, 0) is 11.3 Å². The summed E-state index contributed by atoms with van der Waals surface area (Å²) in [5.74, 6) is 0.640. The number of fused-ring (bicyclic) bond motifs is 1. The Kier molecular flexibility index (Phi) is 4.23. The fourth-order valence-corrected chi connectivity index (χ4v) is 4.21. The van der Waals surface area contributed by atoms with E-state index in [1.165, 1.54) is 4.88 Å². The molecule has 6 nitrogen and oxygen atoms in total. The monoisotopic (exact) mass is 413 g/mol. The largest absolute Gasteiger partial charge is 0.363 e. The number of ether oxygens (including phenoxy) is 1. The van der Waals surface area contributed by atoms with Gasteiger partial charge in [0.25, 0.3) is 0 Å². The number of thiophene rings is 1. The summed E-state index contributed by atoms with van der Waals surface area (Å²) in [6, 6.07) is 4.09. The van der Waals surface area contributed by atoms with E-state index < -0.39 is 0 Å². The molecule has 9 heteroatoms. The lowest BCUT2D eigenvalue weighted by atomic mass is 10.3. The Hall–Kier alpha value is -1.22. The van der Waals surface area contributed by atoms with Gasteiger partial charge in [0.2, 0.25) is 5.28 Å². The van der Waals surface area contributed by atoms with Crippen molar-refractivity contribution in [2.24, 2.45) is 0 Å². The van der Waals surface area contributed by atoms with Gasteiger partial charge < -0.3 is 10.1 Å². The third kappa shape index (κ3) is 3.08. The van der Waals surface area contributed by atoms with Crippen molar-refractivity contribution >= 4 is 55.8 Å². The van der Waals surface area contributed by atoms with E-state index in [0.717, 1.165) is 23.2 Å². The van der Waals surface area contributed by atoms with Crippen LogP contribution in [0.2, 0.25) is 5.28 Å². The van der Waals surface area contributed by atoms with E-state index in [9.17, 15) is 0 Å². The molecule has 0 spiro atoms. The van der Waals surface area contributed by atoms with Crippen molar-refractivity contribution in [3.63, 3.8) is 0 Å². The summed E-state index contributed by atoms with van der Waals surface area (Å²) in [5, 5.41) is 3.50. The van der Waals surface area contributed by atoms with E-state index in [4.69, 9.17) is 16.3 Å². The highest BCUT2D eigenvalue weighted by atomic mass is 79.9. The van der Waals surface area contributed by atoms with Crippen molar-refractivity contribution in [2.45, 2.75) is 25.6 Å². The zero-order chi connectivity index (χ0) is 15.8. The summed E-state index contributed by atoms with van der Waals surface area (Å²) in [7, 11) is 0. The van der Waals surface area contributed by atoms with Crippen molar-refractivity contribution in [1.29, 1.82) is 0 Å². The second kappa shape index (κ2) is 6.35. The van der Waals surface area contributed by atoms with Gasteiger partial charge in [-0.05, 0) is 52.5 Å². The molecule has 1 aliphatic heterocycles. The summed E-state index contributed by atoms with van der Waals surface area (Å²) in [4.78, 5) is 14.3. The minimum Gasteiger partial charge on any atom is -0.363 e. The van der Waals surface area contributed by atoms with E-state index in [1.54, 1.807) is 17.7 Å². The maximum atomic E-state index is 6.10. The van der Waals surface area contributed by atoms with E-state index in [2.05, 4.69) is 42.3 Å². The molecule has 1 N–H and O–H groups in total. The summed E-state index contributed by atoms with van der Waals surface area (Å²) >= 11 is 11.2. The number of hydrogen-bond acceptors (Lipinski definition) is 6. The molecule has 4 heterocycles. The van der Waals surface area contributed by atoms with Crippen LogP contribution in [0.3, 0.4) is 0 Å². The Bertz CT molecular complexity index is 845. The minimum atomic E-state index is -0.0212.